The van der Waals surface area contributed by atoms with E-state index in [2.05, 4.69) is 26.3 Å². The standard InChI is InChI=1S/C11H12O2/c1-5-7-8-9(3)11(12)13-10(4)6-2/h5-8H,1-4H2/b8-7-. The van der Waals surface area contributed by atoms with Gasteiger partial charge in [0.1, 0.15) is 5.76 Å². The third kappa shape index (κ3) is 4.58. The van der Waals surface area contributed by atoms with Crippen molar-refractivity contribution < 1.29 is 9.53 Å². The van der Waals surface area contributed by atoms with Crippen molar-refractivity contribution in [1.29, 1.82) is 0 Å². The van der Waals surface area contributed by atoms with Crippen LogP contribution in [0.2, 0.25) is 0 Å². The molecule has 0 aromatic heterocycles. The number of carbonyl (C=O) groups excluding carboxylic acids is 1. The number of esters is 1. The van der Waals surface area contributed by atoms with Crippen molar-refractivity contribution in [1.82, 2.24) is 0 Å². The molecular formula is C11H12O2. The minimum Gasteiger partial charge on any atom is -0.424 e. The Morgan fingerprint density at radius 1 is 1.23 bits per heavy atom. The van der Waals surface area contributed by atoms with Crippen molar-refractivity contribution in [3.63, 3.8) is 0 Å². The average molecular weight is 176 g/mol. The Morgan fingerprint density at radius 3 is 2.31 bits per heavy atom. The van der Waals surface area contributed by atoms with Crippen LogP contribution in [0.1, 0.15) is 0 Å². The fourth-order valence-electron chi connectivity index (χ4n) is 0.479. The maximum Gasteiger partial charge on any atom is 0.342 e. The molecule has 0 saturated heterocycles. The van der Waals surface area contributed by atoms with Crippen LogP contribution in [0.15, 0.2) is 62.0 Å². The molecule has 0 radical (unpaired) electrons. The lowest BCUT2D eigenvalue weighted by molar-refractivity contribution is -0.134. The van der Waals surface area contributed by atoms with Crippen LogP contribution in [0.25, 0.3) is 0 Å². The first-order chi connectivity index (χ1) is 6.11. The summed E-state index contributed by atoms with van der Waals surface area (Å²) < 4.78 is 4.72. The van der Waals surface area contributed by atoms with Gasteiger partial charge in [-0.25, -0.2) is 4.79 Å². The van der Waals surface area contributed by atoms with Crippen LogP contribution < -0.4 is 0 Å². The first kappa shape index (κ1) is 11.2. The Bertz CT molecular complexity index is 282. The number of allylic oxidation sites excluding steroid dienone is 3. The molecule has 0 rings (SSSR count). The molecule has 0 saturated carbocycles. The van der Waals surface area contributed by atoms with E-state index < -0.39 is 5.97 Å². The summed E-state index contributed by atoms with van der Waals surface area (Å²) in [7, 11) is 0. The quantitative estimate of drug-likeness (QED) is 0.278. The van der Waals surface area contributed by atoms with Crippen LogP contribution in [0.4, 0.5) is 0 Å². The normalized spacial score (nSPS) is 9.23. The lowest BCUT2D eigenvalue weighted by Crippen LogP contribution is -2.03. The molecule has 0 aliphatic heterocycles. The van der Waals surface area contributed by atoms with Crippen LogP contribution in [0, 0.1) is 0 Å². The van der Waals surface area contributed by atoms with E-state index in [-0.39, 0.29) is 11.3 Å². The van der Waals surface area contributed by atoms with Crippen LogP contribution in [-0.2, 0) is 9.53 Å². The fourth-order valence-corrected chi connectivity index (χ4v) is 0.479. The van der Waals surface area contributed by atoms with Crippen molar-refractivity contribution in [3.8, 4) is 0 Å². The maximum absolute atomic E-state index is 11.1. The van der Waals surface area contributed by atoms with Crippen molar-refractivity contribution in [2.24, 2.45) is 0 Å². The van der Waals surface area contributed by atoms with Crippen LogP contribution in [-0.4, -0.2) is 5.97 Å². The summed E-state index contributed by atoms with van der Waals surface area (Å²) in [4.78, 5) is 11.1. The van der Waals surface area contributed by atoms with E-state index in [0.717, 1.165) is 0 Å². The number of hydrogen-bond donors (Lipinski definition) is 0. The van der Waals surface area contributed by atoms with Crippen molar-refractivity contribution in [2.45, 2.75) is 0 Å². The zero-order chi connectivity index (χ0) is 10.3. The van der Waals surface area contributed by atoms with E-state index in [9.17, 15) is 4.79 Å². The Kier molecular flexibility index (Phi) is 4.96. The van der Waals surface area contributed by atoms with Gasteiger partial charge in [-0.15, -0.1) is 0 Å². The highest BCUT2D eigenvalue weighted by atomic mass is 16.5. The predicted molar refractivity (Wildman–Crippen MR) is 53.9 cm³/mol. The highest BCUT2D eigenvalue weighted by Gasteiger charge is 2.04. The van der Waals surface area contributed by atoms with Gasteiger partial charge in [0, 0.05) is 0 Å². The summed E-state index contributed by atoms with van der Waals surface area (Å²) in [5.41, 5.74) is 0.239. The average Bonchev–Trinajstić information content (AvgIpc) is 2.13. The molecule has 0 spiro atoms. The molecule has 0 aromatic rings. The second kappa shape index (κ2) is 5.77. The number of carbonyl (C=O) groups is 1. The first-order valence-corrected chi connectivity index (χ1v) is 3.63. The molecule has 0 aliphatic carbocycles. The van der Waals surface area contributed by atoms with Gasteiger partial charge in [0.2, 0.25) is 0 Å². The minimum absolute atomic E-state index is 0.207. The van der Waals surface area contributed by atoms with Crippen LogP contribution in [0.3, 0.4) is 0 Å². The van der Waals surface area contributed by atoms with E-state index in [4.69, 9.17) is 4.74 Å². The van der Waals surface area contributed by atoms with Gasteiger partial charge in [-0.05, 0) is 12.2 Å². The van der Waals surface area contributed by atoms with E-state index in [0.29, 0.717) is 0 Å². The summed E-state index contributed by atoms with van der Waals surface area (Å²) in [6.07, 6.45) is 6.00. The van der Waals surface area contributed by atoms with Gasteiger partial charge in [-0.2, -0.15) is 0 Å². The van der Waals surface area contributed by atoms with E-state index >= 15 is 0 Å². The van der Waals surface area contributed by atoms with Gasteiger partial charge < -0.3 is 4.74 Å². The smallest absolute Gasteiger partial charge is 0.342 e. The molecule has 0 bridgehead atoms. The van der Waals surface area contributed by atoms with Gasteiger partial charge >= 0.3 is 5.97 Å². The van der Waals surface area contributed by atoms with Crippen molar-refractivity contribution in [2.75, 3.05) is 0 Å². The van der Waals surface area contributed by atoms with E-state index in [1.807, 2.05) is 0 Å². The molecule has 2 heteroatoms. The number of rotatable bonds is 5. The fraction of sp³-hybridized carbons (Fsp3) is 0. The highest BCUT2D eigenvalue weighted by Crippen LogP contribution is 2.02. The van der Waals surface area contributed by atoms with Crippen molar-refractivity contribution in [3.05, 3.63) is 62.0 Å². The molecule has 0 N–H and O–H groups in total. The van der Waals surface area contributed by atoms with Gasteiger partial charge in [-0.1, -0.05) is 38.5 Å². The molecule has 0 fully saturated rings. The van der Waals surface area contributed by atoms with E-state index in [1.165, 1.54) is 12.2 Å². The third-order valence-corrected chi connectivity index (χ3v) is 1.15. The third-order valence-electron chi connectivity index (χ3n) is 1.15. The van der Waals surface area contributed by atoms with Gasteiger partial charge in [0.15, 0.2) is 0 Å². The topological polar surface area (TPSA) is 26.3 Å². The molecule has 0 unspecified atom stereocenters. The second-order valence-electron chi connectivity index (χ2n) is 2.18. The monoisotopic (exact) mass is 176 g/mol. The van der Waals surface area contributed by atoms with Gasteiger partial charge in [0.25, 0.3) is 0 Å². The second-order valence-corrected chi connectivity index (χ2v) is 2.18. The minimum atomic E-state index is -0.539. The Balaban J connectivity index is 4.19. The summed E-state index contributed by atoms with van der Waals surface area (Å²) in [6.45, 7) is 13.8. The molecule has 13 heavy (non-hydrogen) atoms. The molecule has 68 valence electrons. The van der Waals surface area contributed by atoms with Crippen LogP contribution in [0.5, 0.6) is 0 Å². The first-order valence-electron chi connectivity index (χ1n) is 3.63. The number of hydrogen-bond acceptors (Lipinski definition) is 2. The molecular weight excluding hydrogens is 164 g/mol. The molecule has 0 heterocycles. The molecule has 0 aromatic carbocycles. The predicted octanol–water partition coefficient (Wildman–Crippen LogP) is 2.53. The Morgan fingerprint density at radius 2 is 1.85 bits per heavy atom. The SMILES string of the molecule is C=C/C=C\C(=C)C(=O)OC(=C)C=C. The highest BCUT2D eigenvalue weighted by molar-refractivity contribution is 5.91. The maximum atomic E-state index is 11.1. The van der Waals surface area contributed by atoms with Gasteiger partial charge in [-0.3, -0.25) is 0 Å². The summed E-state index contributed by atoms with van der Waals surface area (Å²) in [6, 6.07) is 0. The van der Waals surface area contributed by atoms with Gasteiger partial charge in [0.05, 0.1) is 5.57 Å². The Labute approximate surface area is 78.2 Å². The summed E-state index contributed by atoms with van der Waals surface area (Å²) in [5, 5.41) is 0. The lowest BCUT2D eigenvalue weighted by Gasteiger charge is -2.01. The zero-order valence-electron chi connectivity index (χ0n) is 7.45. The number of ether oxygens (including phenoxy) is 1. The summed E-state index contributed by atoms with van der Waals surface area (Å²) in [5.74, 6) is -0.332. The zero-order valence-corrected chi connectivity index (χ0v) is 7.45. The van der Waals surface area contributed by atoms with Crippen LogP contribution >= 0.6 is 0 Å². The lowest BCUT2D eigenvalue weighted by atomic mass is 10.3. The molecule has 2 nitrogen and oxygen atoms in total. The largest absolute Gasteiger partial charge is 0.424 e. The molecule has 0 aliphatic rings. The summed E-state index contributed by atoms with van der Waals surface area (Å²) >= 11 is 0. The van der Waals surface area contributed by atoms with E-state index in [1.54, 1.807) is 12.2 Å². The molecule has 0 atom stereocenters. The Hall–Kier alpha value is -1.83. The molecule has 0 amide bonds. The van der Waals surface area contributed by atoms with Crippen molar-refractivity contribution >= 4 is 5.97 Å².